The van der Waals surface area contributed by atoms with Gasteiger partial charge in [-0.25, -0.2) is 0 Å². The number of nitrogens with two attached hydrogens (primary N) is 1. The van der Waals surface area contributed by atoms with E-state index in [1.807, 2.05) is 36.4 Å². The highest BCUT2D eigenvalue weighted by Crippen LogP contribution is 2.34. The molecule has 0 amide bonds. The summed E-state index contributed by atoms with van der Waals surface area (Å²) in [6.45, 7) is 0. The minimum Gasteiger partial charge on any atom is -0.398 e. The molecule has 0 aromatic heterocycles. The summed E-state index contributed by atoms with van der Waals surface area (Å²) in [6.07, 6.45) is 0. The molecule has 0 atom stereocenters. The van der Waals surface area contributed by atoms with E-state index in [4.69, 9.17) is 11.0 Å². The molecular weight excluding hydrogens is 296 g/mol. The summed E-state index contributed by atoms with van der Waals surface area (Å²) >= 11 is 5.11. The molecule has 2 aromatic carbocycles. The quantitative estimate of drug-likeness (QED) is 0.851. The highest BCUT2D eigenvalue weighted by molar-refractivity contribution is 9.10. The fourth-order valence-electron chi connectivity index (χ4n) is 1.36. The lowest BCUT2D eigenvalue weighted by atomic mass is 10.2. The molecule has 0 saturated heterocycles. The van der Waals surface area contributed by atoms with Crippen molar-refractivity contribution in [1.82, 2.24) is 0 Å². The van der Waals surface area contributed by atoms with E-state index in [9.17, 15) is 0 Å². The first-order valence-corrected chi connectivity index (χ1v) is 6.53. The zero-order valence-corrected chi connectivity index (χ0v) is 11.3. The summed E-state index contributed by atoms with van der Waals surface area (Å²) in [5.74, 6) is 0. The first-order chi connectivity index (χ1) is 8.20. The van der Waals surface area contributed by atoms with Crippen LogP contribution in [-0.2, 0) is 0 Å². The van der Waals surface area contributed by atoms with E-state index in [1.165, 1.54) is 0 Å². The minimum absolute atomic E-state index is 0.515. The Hall–Kier alpha value is -1.44. The molecule has 2 rings (SSSR count). The monoisotopic (exact) mass is 304 g/mol. The van der Waals surface area contributed by atoms with Gasteiger partial charge in [-0.05, 0) is 46.3 Å². The van der Waals surface area contributed by atoms with Crippen LogP contribution in [0.4, 0.5) is 5.69 Å². The molecule has 0 fully saturated rings. The minimum atomic E-state index is 0.515. The predicted molar refractivity (Wildman–Crippen MR) is 73.8 cm³/mol. The Morgan fingerprint density at radius 1 is 1.18 bits per heavy atom. The molecule has 0 heterocycles. The number of rotatable bonds is 2. The van der Waals surface area contributed by atoms with Gasteiger partial charge >= 0.3 is 0 Å². The number of anilines is 1. The summed E-state index contributed by atoms with van der Waals surface area (Å²) in [6, 6.07) is 15.5. The van der Waals surface area contributed by atoms with Crippen LogP contribution in [0.1, 0.15) is 5.56 Å². The van der Waals surface area contributed by atoms with Crippen molar-refractivity contribution in [2.75, 3.05) is 5.73 Å². The van der Waals surface area contributed by atoms with Crippen molar-refractivity contribution in [2.24, 2.45) is 0 Å². The van der Waals surface area contributed by atoms with Crippen LogP contribution in [0.15, 0.2) is 56.7 Å². The fraction of sp³-hybridized carbons (Fsp3) is 0. The molecule has 2 N–H and O–H groups in total. The van der Waals surface area contributed by atoms with E-state index in [0.29, 0.717) is 11.3 Å². The number of benzene rings is 2. The maximum atomic E-state index is 8.80. The van der Waals surface area contributed by atoms with E-state index in [-0.39, 0.29) is 0 Å². The summed E-state index contributed by atoms with van der Waals surface area (Å²) in [5, 5.41) is 8.80. The number of hydrogen-bond donors (Lipinski definition) is 1. The molecule has 0 aliphatic heterocycles. The Morgan fingerprint density at radius 2 is 1.94 bits per heavy atom. The second-order valence-electron chi connectivity index (χ2n) is 3.39. The second-order valence-corrected chi connectivity index (χ2v) is 5.36. The van der Waals surface area contributed by atoms with Crippen molar-refractivity contribution in [3.63, 3.8) is 0 Å². The Kier molecular flexibility index (Phi) is 3.72. The lowest BCUT2D eigenvalue weighted by molar-refractivity contribution is 1.36. The molecule has 0 bridgehead atoms. The van der Waals surface area contributed by atoms with E-state index >= 15 is 0 Å². The largest absolute Gasteiger partial charge is 0.398 e. The predicted octanol–water partition coefficient (Wildman–Crippen LogP) is 4.05. The average molecular weight is 305 g/mol. The van der Waals surface area contributed by atoms with Gasteiger partial charge in [0, 0.05) is 14.3 Å². The summed E-state index contributed by atoms with van der Waals surface area (Å²) in [5.41, 5.74) is 6.81. The first-order valence-electron chi connectivity index (χ1n) is 4.92. The molecule has 0 saturated carbocycles. The van der Waals surface area contributed by atoms with E-state index in [1.54, 1.807) is 17.8 Å². The van der Waals surface area contributed by atoms with Crippen LogP contribution in [-0.4, -0.2) is 0 Å². The molecule has 17 heavy (non-hydrogen) atoms. The lowest BCUT2D eigenvalue weighted by Gasteiger charge is -2.05. The summed E-state index contributed by atoms with van der Waals surface area (Å²) in [4.78, 5) is 2.14. The maximum Gasteiger partial charge on any atom is 0.101 e. The van der Waals surface area contributed by atoms with Gasteiger partial charge in [-0.2, -0.15) is 5.26 Å². The Morgan fingerprint density at radius 3 is 2.59 bits per heavy atom. The molecule has 0 aliphatic carbocycles. The summed E-state index contributed by atoms with van der Waals surface area (Å²) < 4.78 is 1.05. The molecule has 84 valence electrons. The van der Waals surface area contributed by atoms with Gasteiger partial charge < -0.3 is 5.73 Å². The first kappa shape index (κ1) is 12.0. The van der Waals surface area contributed by atoms with Gasteiger partial charge in [0.25, 0.3) is 0 Å². The summed E-state index contributed by atoms with van der Waals surface area (Å²) in [7, 11) is 0. The Balaban J connectivity index is 2.29. The molecule has 2 nitrogen and oxygen atoms in total. The van der Waals surface area contributed by atoms with Crippen LogP contribution in [0.2, 0.25) is 0 Å². The van der Waals surface area contributed by atoms with Gasteiger partial charge in [0.15, 0.2) is 0 Å². The van der Waals surface area contributed by atoms with Crippen LogP contribution in [0.3, 0.4) is 0 Å². The zero-order valence-electron chi connectivity index (χ0n) is 8.85. The molecule has 4 heteroatoms. The van der Waals surface area contributed by atoms with Crippen LogP contribution in [0.5, 0.6) is 0 Å². The van der Waals surface area contributed by atoms with Crippen molar-refractivity contribution in [1.29, 1.82) is 5.26 Å². The van der Waals surface area contributed by atoms with Gasteiger partial charge in [-0.1, -0.05) is 23.9 Å². The number of halogens is 1. The highest BCUT2D eigenvalue weighted by Gasteiger charge is 2.04. The number of nitriles is 1. The fourth-order valence-corrected chi connectivity index (χ4v) is 2.78. The third-order valence-electron chi connectivity index (χ3n) is 2.21. The molecule has 2 aromatic rings. The van der Waals surface area contributed by atoms with Crippen molar-refractivity contribution < 1.29 is 0 Å². The van der Waals surface area contributed by atoms with Gasteiger partial charge in [-0.15, -0.1) is 0 Å². The smallest absolute Gasteiger partial charge is 0.101 e. The average Bonchev–Trinajstić information content (AvgIpc) is 2.32. The van der Waals surface area contributed by atoms with Gasteiger partial charge in [-0.3, -0.25) is 0 Å². The van der Waals surface area contributed by atoms with Gasteiger partial charge in [0.05, 0.1) is 11.3 Å². The normalized spacial score (nSPS) is 9.88. The molecule has 0 spiro atoms. The highest BCUT2D eigenvalue weighted by atomic mass is 79.9. The third kappa shape index (κ3) is 2.82. The Bertz CT molecular complexity index is 590. The number of nitrogen functional groups attached to an aromatic ring is 1. The topological polar surface area (TPSA) is 49.8 Å². The van der Waals surface area contributed by atoms with Crippen molar-refractivity contribution in [3.05, 3.63) is 52.5 Å². The van der Waals surface area contributed by atoms with E-state index in [2.05, 4.69) is 22.0 Å². The van der Waals surface area contributed by atoms with E-state index < -0.39 is 0 Å². The molecular formula is C13H9BrN2S. The van der Waals surface area contributed by atoms with Crippen LogP contribution >= 0.6 is 27.7 Å². The van der Waals surface area contributed by atoms with Crippen molar-refractivity contribution in [2.45, 2.75) is 9.79 Å². The Labute approximate surface area is 113 Å². The van der Waals surface area contributed by atoms with Gasteiger partial charge in [0.2, 0.25) is 0 Å². The third-order valence-corrected chi connectivity index (χ3v) is 4.23. The molecule has 0 unspecified atom stereocenters. The number of nitrogens with zero attached hydrogens (tertiary/aromatic N) is 1. The molecule has 0 radical (unpaired) electrons. The van der Waals surface area contributed by atoms with Crippen molar-refractivity contribution in [3.8, 4) is 6.07 Å². The number of hydrogen-bond acceptors (Lipinski definition) is 3. The zero-order chi connectivity index (χ0) is 12.3. The maximum absolute atomic E-state index is 8.80. The van der Waals surface area contributed by atoms with Crippen molar-refractivity contribution >= 4 is 33.4 Å². The van der Waals surface area contributed by atoms with E-state index in [0.717, 1.165) is 14.3 Å². The van der Waals surface area contributed by atoms with Crippen LogP contribution < -0.4 is 5.73 Å². The SMILES string of the molecule is N#Cc1ccc(Sc2ccccc2Br)cc1N. The lowest BCUT2D eigenvalue weighted by Crippen LogP contribution is -1.90. The molecule has 0 aliphatic rings. The van der Waals surface area contributed by atoms with Crippen LogP contribution in [0.25, 0.3) is 0 Å². The van der Waals surface area contributed by atoms with Gasteiger partial charge in [0.1, 0.15) is 6.07 Å². The second kappa shape index (κ2) is 5.26. The standard InChI is InChI=1S/C13H9BrN2S/c14-11-3-1-2-4-13(11)17-10-6-5-9(8-15)12(16)7-10/h1-7H,16H2. The van der Waals surface area contributed by atoms with Crippen LogP contribution in [0, 0.1) is 11.3 Å².